The number of aromatic nitrogens is 2. The molecule has 0 aliphatic heterocycles. The van der Waals surface area contributed by atoms with Crippen LogP contribution in [0.25, 0.3) is 0 Å². The summed E-state index contributed by atoms with van der Waals surface area (Å²) in [4.78, 5) is 12.3. The lowest BCUT2D eigenvalue weighted by molar-refractivity contribution is 0.102. The van der Waals surface area contributed by atoms with Crippen molar-refractivity contribution in [3.63, 3.8) is 0 Å². The third-order valence-electron chi connectivity index (χ3n) is 4.39. The van der Waals surface area contributed by atoms with Crippen molar-refractivity contribution in [2.75, 3.05) is 18.5 Å². The topological polar surface area (TPSA) is 110 Å². The smallest absolute Gasteiger partial charge is 0.269 e. The first-order chi connectivity index (χ1) is 14.3. The predicted octanol–water partition coefficient (Wildman–Crippen LogP) is 3.07. The SMILES string of the molecule is Cc1ccc(OCCNS(=O)(=O)c2nnc(NC(=O)c3ccccc3C)s2)cc1C. The van der Waals surface area contributed by atoms with Gasteiger partial charge in [-0.05, 0) is 55.7 Å². The zero-order valence-corrected chi connectivity index (χ0v) is 18.4. The molecule has 158 valence electrons. The Labute approximate surface area is 179 Å². The van der Waals surface area contributed by atoms with E-state index in [9.17, 15) is 13.2 Å². The van der Waals surface area contributed by atoms with Crippen LogP contribution in [-0.4, -0.2) is 37.7 Å². The van der Waals surface area contributed by atoms with Crippen molar-refractivity contribution < 1.29 is 17.9 Å². The molecule has 0 saturated carbocycles. The number of hydrogen-bond donors (Lipinski definition) is 2. The molecule has 0 aliphatic carbocycles. The van der Waals surface area contributed by atoms with E-state index >= 15 is 0 Å². The van der Waals surface area contributed by atoms with Crippen molar-refractivity contribution in [2.24, 2.45) is 0 Å². The zero-order valence-electron chi connectivity index (χ0n) is 16.8. The fraction of sp³-hybridized carbons (Fsp3) is 0.250. The van der Waals surface area contributed by atoms with Gasteiger partial charge in [-0.15, -0.1) is 10.2 Å². The molecule has 30 heavy (non-hydrogen) atoms. The van der Waals surface area contributed by atoms with E-state index in [1.54, 1.807) is 12.1 Å². The third-order valence-corrected chi connectivity index (χ3v) is 7.05. The minimum absolute atomic E-state index is 0.0692. The van der Waals surface area contributed by atoms with Gasteiger partial charge in [0, 0.05) is 12.1 Å². The van der Waals surface area contributed by atoms with Crippen molar-refractivity contribution >= 4 is 32.4 Å². The van der Waals surface area contributed by atoms with Gasteiger partial charge in [-0.3, -0.25) is 10.1 Å². The van der Waals surface area contributed by atoms with Gasteiger partial charge in [-0.25, -0.2) is 13.1 Å². The molecule has 3 aromatic rings. The van der Waals surface area contributed by atoms with Crippen LogP contribution in [0.15, 0.2) is 46.8 Å². The van der Waals surface area contributed by atoms with Crippen LogP contribution in [0, 0.1) is 20.8 Å². The third kappa shape index (κ3) is 5.41. The van der Waals surface area contributed by atoms with Gasteiger partial charge < -0.3 is 4.74 Å². The fourth-order valence-electron chi connectivity index (χ4n) is 2.57. The second-order valence-electron chi connectivity index (χ2n) is 6.63. The van der Waals surface area contributed by atoms with E-state index in [2.05, 4.69) is 20.2 Å². The van der Waals surface area contributed by atoms with Crippen LogP contribution in [-0.2, 0) is 10.0 Å². The number of ether oxygens (including phenoxy) is 1. The first-order valence-corrected chi connectivity index (χ1v) is 11.5. The van der Waals surface area contributed by atoms with Crippen molar-refractivity contribution in [3.8, 4) is 5.75 Å². The summed E-state index contributed by atoms with van der Waals surface area (Å²) in [6.45, 7) is 6.04. The molecule has 0 spiro atoms. The largest absolute Gasteiger partial charge is 0.492 e. The molecule has 3 rings (SSSR count). The normalized spacial score (nSPS) is 11.3. The molecule has 0 fully saturated rings. The van der Waals surface area contributed by atoms with Crippen LogP contribution in [0.4, 0.5) is 5.13 Å². The quantitative estimate of drug-likeness (QED) is 0.406. The molecule has 1 heterocycles. The molecule has 1 aromatic heterocycles. The van der Waals surface area contributed by atoms with E-state index in [4.69, 9.17) is 4.74 Å². The Kier molecular flexibility index (Phi) is 6.80. The van der Waals surface area contributed by atoms with Gasteiger partial charge in [0.25, 0.3) is 15.9 Å². The molecule has 0 aliphatic rings. The standard InChI is InChI=1S/C20H22N4O4S2/c1-13-8-9-16(12-15(13)3)28-11-10-21-30(26,27)20-24-23-19(29-20)22-18(25)17-7-5-4-6-14(17)2/h4-9,12,21H,10-11H2,1-3H3,(H,22,23,25). The lowest BCUT2D eigenvalue weighted by Crippen LogP contribution is -2.28. The van der Waals surface area contributed by atoms with Gasteiger partial charge >= 0.3 is 0 Å². The number of nitrogens with one attached hydrogen (secondary N) is 2. The van der Waals surface area contributed by atoms with Gasteiger partial charge in [0.15, 0.2) is 0 Å². The number of hydrogen-bond acceptors (Lipinski definition) is 7. The molecule has 2 aromatic carbocycles. The summed E-state index contributed by atoms with van der Waals surface area (Å²) in [6.07, 6.45) is 0. The van der Waals surface area contributed by atoms with Gasteiger partial charge in [-0.1, -0.05) is 35.6 Å². The molecule has 0 saturated heterocycles. The second-order valence-corrected chi connectivity index (χ2v) is 9.55. The highest BCUT2D eigenvalue weighted by atomic mass is 32.2. The van der Waals surface area contributed by atoms with E-state index in [1.165, 1.54) is 0 Å². The summed E-state index contributed by atoms with van der Waals surface area (Å²) < 4.78 is 32.6. The first-order valence-electron chi connectivity index (χ1n) is 9.16. The summed E-state index contributed by atoms with van der Waals surface area (Å²) in [7, 11) is -3.85. The summed E-state index contributed by atoms with van der Waals surface area (Å²) >= 11 is 0.781. The number of sulfonamides is 1. The Morgan fingerprint density at radius 3 is 2.53 bits per heavy atom. The summed E-state index contributed by atoms with van der Waals surface area (Å²) in [5.41, 5.74) is 3.54. The number of anilines is 1. The number of aryl methyl sites for hydroxylation is 3. The Morgan fingerprint density at radius 2 is 1.80 bits per heavy atom. The molecule has 0 bridgehead atoms. The molecule has 0 unspecified atom stereocenters. The van der Waals surface area contributed by atoms with Crippen LogP contribution in [0.3, 0.4) is 0 Å². The van der Waals surface area contributed by atoms with Crippen LogP contribution < -0.4 is 14.8 Å². The lowest BCUT2D eigenvalue weighted by atomic mass is 10.1. The van der Waals surface area contributed by atoms with Crippen molar-refractivity contribution in [3.05, 3.63) is 64.7 Å². The van der Waals surface area contributed by atoms with Crippen LogP contribution in [0.5, 0.6) is 5.75 Å². The van der Waals surface area contributed by atoms with Gasteiger partial charge in [0.05, 0.1) is 0 Å². The Balaban J connectivity index is 1.55. The molecule has 0 radical (unpaired) electrons. The highest BCUT2D eigenvalue weighted by Crippen LogP contribution is 2.21. The average molecular weight is 447 g/mol. The van der Waals surface area contributed by atoms with Crippen LogP contribution in [0.1, 0.15) is 27.0 Å². The van der Waals surface area contributed by atoms with E-state index in [0.717, 1.165) is 28.0 Å². The van der Waals surface area contributed by atoms with Crippen LogP contribution in [0.2, 0.25) is 0 Å². The molecular weight excluding hydrogens is 424 g/mol. The summed E-state index contributed by atoms with van der Waals surface area (Å²) in [5, 5.41) is 10.1. The van der Waals surface area contributed by atoms with E-state index in [-0.39, 0.29) is 28.5 Å². The summed E-state index contributed by atoms with van der Waals surface area (Å²) in [5.74, 6) is 0.303. The first kappa shape index (κ1) is 21.9. The molecule has 2 N–H and O–H groups in total. The summed E-state index contributed by atoms with van der Waals surface area (Å²) in [6, 6.07) is 12.8. The Hall–Kier alpha value is -2.82. The highest BCUT2D eigenvalue weighted by Gasteiger charge is 2.21. The van der Waals surface area contributed by atoms with Crippen LogP contribution >= 0.6 is 11.3 Å². The molecule has 0 atom stereocenters. The van der Waals surface area contributed by atoms with E-state index in [0.29, 0.717) is 11.3 Å². The lowest BCUT2D eigenvalue weighted by Gasteiger charge is -2.08. The number of carbonyl (C=O) groups is 1. The van der Waals surface area contributed by atoms with E-state index < -0.39 is 10.0 Å². The van der Waals surface area contributed by atoms with Gasteiger partial charge in [0.2, 0.25) is 9.47 Å². The minimum atomic E-state index is -3.85. The molecule has 1 amide bonds. The maximum atomic E-state index is 12.4. The minimum Gasteiger partial charge on any atom is -0.492 e. The maximum absolute atomic E-state index is 12.4. The second kappa shape index (κ2) is 9.33. The number of benzene rings is 2. The molecule has 8 nitrogen and oxygen atoms in total. The molecular formula is C20H22N4O4S2. The van der Waals surface area contributed by atoms with Gasteiger partial charge in [-0.2, -0.15) is 0 Å². The molecule has 10 heteroatoms. The fourth-order valence-corrected chi connectivity index (χ4v) is 4.52. The van der Waals surface area contributed by atoms with Crippen molar-refractivity contribution in [1.82, 2.24) is 14.9 Å². The monoisotopic (exact) mass is 446 g/mol. The number of carbonyl (C=O) groups excluding carboxylic acids is 1. The number of nitrogens with zero attached hydrogens (tertiary/aromatic N) is 2. The zero-order chi connectivity index (χ0) is 21.7. The Morgan fingerprint density at radius 1 is 1.03 bits per heavy atom. The van der Waals surface area contributed by atoms with Crippen molar-refractivity contribution in [2.45, 2.75) is 25.1 Å². The highest BCUT2D eigenvalue weighted by molar-refractivity contribution is 7.91. The Bertz CT molecular complexity index is 1160. The predicted molar refractivity (Wildman–Crippen MR) is 116 cm³/mol. The number of rotatable bonds is 8. The average Bonchev–Trinajstić information content (AvgIpc) is 3.18. The van der Waals surface area contributed by atoms with Gasteiger partial charge in [0.1, 0.15) is 12.4 Å². The van der Waals surface area contributed by atoms with Crippen molar-refractivity contribution in [1.29, 1.82) is 0 Å². The number of amides is 1. The maximum Gasteiger partial charge on any atom is 0.269 e. The van der Waals surface area contributed by atoms with E-state index in [1.807, 2.05) is 51.1 Å².